The fraction of sp³-hybridized carbons (Fsp3) is 0.474. The van der Waals surface area contributed by atoms with Gasteiger partial charge in [-0.3, -0.25) is 9.80 Å². The van der Waals surface area contributed by atoms with Crippen LogP contribution in [0.2, 0.25) is 0 Å². The molecule has 254 valence electrons. The first-order chi connectivity index (χ1) is 23.2. The summed E-state index contributed by atoms with van der Waals surface area (Å²) in [4.78, 5) is 45.7. The Bertz CT molecular complexity index is 2040. The molecule has 2 aromatic carbocycles. The number of likely N-dealkylation sites (tertiary alicyclic amines) is 2. The smallest absolute Gasteiger partial charge is 0.411 e. The third-order valence-electron chi connectivity index (χ3n) is 9.75. The zero-order chi connectivity index (χ0) is 34.4. The highest BCUT2D eigenvalue weighted by molar-refractivity contribution is 5.78. The summed E-state index contributed by atoms with van der Waals surface area (Å²) in [6.07, 6.45) is 4.65. The van der Waals surface area contributed by atoms with E-state index in [1.807, 2.05) is 64.6 Å². The number of imidazole rings is 2. The van der Waals surface area contributed by atoms with Gasteiger partial charge in [0.05, 0.1) is 35.0 Å². The summed E-state index contributed by atoms with van der Waals surface area (Å²) in [7, 11) is 0. The highest BCUT2D eigenvalue weighted by atomic mass is 19.1. The minimum atomic E-state index is -0.589. The zero-order valence-corrected chi connectivity index (χ0v) is 28.6. The van der Waals surface area contributed by atoms with E-state index in [1.54, 1.807) is 23.2 Å². The molecule has 4 aromatic rings. The summed E-state index contributed by atoms with van der Waals surface area (Å²) >= 11 is 0. The first kappa shape index (κ1) is 31.4. The lowest BCUT2D eigenvalue weighted by atomic mass is 10.1. The summed E-state index contributed by atoms with van der Waals surface area (Å²) in [5.74, 6) is 8.13. The van der Waals surface area contributed by atoms with E-state index < -0.39 is 17.0 Å². The van der Waals surface area contributed by atoms with E-state index in [9.17, 15) is 9.59 Å². The summed E-state index contributed by atoms with van der Waals surface area (Å²) < 4.78 is 26.8. The van der Waals surface area contributed by atoms with Gasteiger partial charge in [-0.15, -0.1) is 0 Å². The third kappa shape index (κ3) is 6.13. The number of hydrogen-bond donors (Lipinski definition) is 2. The van der Waals surface area contributed by atoms with Crippen LogP contribution in [0.15, 0.2) is 42.6 Å². The maximum Gasteiger partial charge on any atom is 0.411 e. The van der Waals surface area contributed by atoms with Crippen molar-refractivity contribution in [2.45, 2.75) is 103 Å². The molecule has 2 aliphatic heterocycles. The first-order valence-corrected chi connectivity index (χ1v) is 17.1. The van der Waals surface area contributed by atoms with Gasteiger partial charge in [-0.25, -0.2) is 23.9 Å². The number of fused-ring (bicyclic) bond motifs is 3. The molecule has 10 nitrogen and oxygen atoms in total. The van der Waals surface area contributed by atoms with Gasteiger partial charge in [0, 0.05) is 28.8 Å². The Labute approximate surface area is 284 Å². The second-order valence-electron chi connectivity index (χ2n) is 15.9. The van der Waals surface area contributed by atoms with Crippen LogP contribution in [-0.4, -0.2) is 65.2 Å². The van der Waals surface area contributed by atoms with Gasteiger partial charge >= 0.3 is 12.2 Å². The zero-order valence-electron chi connectivity index (χ0n) is 28.6. The third-order valence-corrected chi connectivity index (χ3v) is 9.75. The number of ether oxygens (including phenoxy) is 2. The molecule has 4 fully saturated rings. The summed E-state index contributed by atoms with van der Waals surface area (Å²) in [5, 5.41) is 0. The Balaban J connectivity index is 0.970. The number of piperidine rings is 2. The number of halogens is 1. The Morgan fingerprint density at radius 2 is 1.37 bits per heavy atom. The highest BCUT2D eigenvalue weighted by Crippen LogP contribution is 2.54. The van der Waals surface area contributed by atoms with E-state index in [0.29, 0.717) is 34.5 Å². The van der Waals surface area contributed by atoms with Crippen molar-refractivity contribution in [1.82, 2.24) is 29.7 Å². The molecule has 6 atom stereocenters. The lowest BCUT2D eigenvalue weighted by molar-refractivity contribution is 0.0164. The molecular weight excluding hydrogens is 623 g/mol. The van der Waals surface area contributed by atoms with Gasteiger partial charge in [-0.1, -0.05) is 11.8 Å². The van der Waals surface area contributed by atoms with Crippen LogP contribution in [0.3, 0.4) is 0 Å². The minimum Gasteiger partial charge on any atom is -0.444 e. The Hall–Kier alpha value is -4.85. The maximum atomic E-state index is 15.4. The number of carbonyl (C=O) groups excluding carboxylic acids is 2. The van der Waals surface area contributed by atoms with E-state index in [4.69, 9.17) is 14.5 Å². The molecule has 2 N–H and O–H groups in total. The highest BCUT2D eigenvalue weighted by Gasteiger charge is 2.57. The van der Waals surface area contributed by atoms with Gasteiger partial charge in [0.25, 0.3) is 0 Å². The number of amides is 2. The number of nitrogens with zero attached hydrogens (tertiary/aromatic N) is 4. The van der Waals surface area contributed by atoms with Gasteiger partial charge in [0.15, 0.2) is 0 Å². The lowest BCUT2D eigenvalue weighted by Gasteiger charge is -2.29. The maximum absolute atomic E-state index is 15.4. The van der Waals surface area contributed by atoms with Crippen LogP contribution in [0.5, 0.6) is 0 Å². The Kier molecular flexibility index (Phi) is 7.11. The average Bonchev–Trinajstić information content (AvgIpc) is 3.64. The van der Waals surface area contributed by atoms with Gasteiger partial charge in [0.1, 0.15) is 28.7 Å². The van der Waals surface area contributed by atoms with E-state index in [2.05, 4.69) is 26.8 Å². The summed E-state index contributed by atoms with van der Waals surface area (Å²) in [6.45, 7) is 11.2. The van der Waals surface area contributed by atoms with Crippen LogP contribution in [-0.2, 0) is 9.47 Å². The number of rotatable bonds is 3. The van der Waals surface area contributed by atoms with Crippen molar-refractivity contribution in [1.29, 1.82) is 0 Å². The van der Waals surface area contributed by atoms with Crippen LogP contribution in [0, 0.1) is 29.5 Å². The van der Waals surface area contributed by atoms with Crippen LogP contribution < -0.4 is 0 Å². The van der Waals surface area contributed by atoms with E-state index in [1.165, 1.54) is 6.07 Å². The van der Waals surface area contributed by atoms with E-state index in [0.717, 1.165) is 48.1 Å². The monoisotopic (exact) mass is 664 g/mol. The number of nitrogens with one attached hydrogen (secondary N) is 2. The molecule has 2 aliphatic carbocycles. The summed E-state index contributed by atoms with van der Waals surface area (Å²) in [6, 6.07) is 10.6. The van der Waals surface area contributed by atoms with E-state index >= 15 is 4.39 Å². The molecule has 2 saturated carbocycles. The number of aromatic amines is 2. The lowest BCUT2D eigenvalue weighted by Crippen LogP contribution is -2.38. The second kappa shape index (κ2) is 11.1. The number of carbonyl (C=O) groups is 2. The van der Waals surface area contributed by atoms with Crippen LogP contribution in [0.4, 0.5) is 14.0 Å². The molecule has 2 amide bonds. The topological polar surface area (TPSA) is 116 Å². The van der Waals surface area contributed by atoms with Gasteiger partial charge in [0.2, 0.25) is 0 Å². The molecule has 49 heavy (non-hydrogen) atoms. The number of aromatic nitrogens is 4. The van der Waals surface area contributed by atoms with Crippen LogP contribution >= 0.6 is 0 Å². The molecule has 8 rings (SSSR count). The normalized spacial score (nSPS) is 25.4. The molecule has 2 aromatic heterocycles. The fourth-order valence-corrected chi connectivity index (χ4v) is 7.42. The van der Waals surface area contributed by atoms with Gasteiger partial charge in [-0.05, 0) is 115 Å². The van der Waals surface area contributed by atoms with Crippen molar-refractivity contribution in [2.24, 2.45) is 11.8 Å². The molecule has 11 heteroatoms. The molecular formula is C38H41FN6O4. The quantitative estimate of drug-likeness (QED) is 0.218. The predicted octanol–water partition coefficient (Wildman–Crippen LogP) is 7.63. The molecule has 4 heterocycles. The first-order valence-electron chi connectivity index (χ1n) is 17.1. The number of benzene rings is 2. The fourth-order valence-electron chi connectivity index (χ4n) is 7.42. The Morgan fingerprint density at radius 1 is 0.796 bits per heavy atom. The van der Waals surface area contributed by atoms with Crippen molar-refractivity contribution in [2.75, 3.05) is 0 Å². The number of hydrogen-bond acceptors (Lipinski definition) is 6. The SMILES string of the molecule is CC(C)(C)OC(=O)N1[C@@H]2C[C@@H]2C[C@H]1c1ncc(-c2ccc(C#Cc3ccc4nc([C@@H]5C[C@H]6C[C@H]6N5C(=O)OC(C)(C)C)[nH]c4c3)cc2F)[nH]1. The van der Waals surface area contributed by atoms with Crippen molar-refractivity contribution in [3.63, 3.8) is 0 Å². The van der Waals surface area contributed by atoms with Crippen molar-refractivity contribution in [3.8, 4) is 23.1 Å². The minimum absolute atomic E-state index is 0.152. The average molecular weight is 665 g/mol. The van der Waals surface area contributed by atoms with Crippen molar-refractivity contribution >= 4 is 23.2 Å². The standard InChI is InChI=1S/C38H41FN6O4/c1-37(2,3)48-35(46)44-29-15-22(29)17-31(44)33-40-19-28(43-33)24-11-9-20(13-25(24)39)7-8-21-10-12-26-27(14-21)42-34(41-26)32-18-23-16-30(23)45(32)36(47)49-38(4,5)6/h9-14,19,22-23,29-32H,15-18H2,1-6H3,(H,40,43)(H,41,42)/t22-,23-,29-,30-,31+,32+/m1/s1. The predicted molar refractivity (Wildman–Crippen MR) is 181 cm³/mol. The molecule has 4 aliphatic rings. The Morgan fingerprint density at radius 3 is 1.96 bits per heavy atom. The number of H-pyrrole nitrogens is 2. The molecule has 0 unspecified atom stereocenters. The summed E-state index contributed by atoms with van der Waals surface area (Å²) in [5.41, 5.74) is 2.69. The van der Waals surface area contributed by atoms with E-state index in [-0.39, 0.29) is 36.4 Å². The molecule has 2 saturated heterocycles. The molecule has 0 spiro atoms. The van der Waals surface area contributed by atoms with Crippen LogP contribution in [0.1, 0.15) is 102 Å². The van der Waals surface area contributed by atoms with Gasteiger partial charge in [-0.2, -0.15) is 0 Å². The van der Waals surface area contributed by atoms with Gasteiger partial charge < -0.3 is 19.4 Å². The molecule has 0 bridgehead atoms. The van der Waals surface area contributed by atoms with Crippen molar-refractivity contribution < 1.29 is 23.5 Å². The second-order valence-corrected chi connectivity index (χ2v) is 15.9. The van der Waals surface area contributed by atoms with Crippen LogP contribution in [0.25, 0.3) is 22.3 Å². The van der Waals surface area contributed by atoms with Crippen molar-refractivity contribution in [3.05, 3.63) is 71.2 Å². The largest absolute Gasteiger partial charge is 0.444 e. The molecule has 0 radical (unpaired) electrons.